The summed E-state index contributed by atoms with van der Waals surface area (Å²) in [5, 5.41) is 15.4. The maximum absolute atomic E-state index is 14.7. The number of rotatable bonds is 13. The van der Waals surface area contributed by atoms with E-state index >= 15 is 0 Å². The molecule has 2 amide bonds. The molecular weight excluding hydrogens is 687 g/mol. The number of nitro benzene ring substituents is 1. The summed E-state index contributed by atoms with van der Waals surface area (Å²) >= 11 is 13.2. The predicted octanol–water partition coefficient (Wildman–Crippen LogP) is 7.19. The van der Waals surface area contributed by atoms with Gasteiger partial charge in [-0.05, 0) is 48.7 Å². The van der Waals surface area contributed by atoms with Crippen LogP contribution in [0.25, 0.3) is 0 Å². The number of nitrogens with zero attached hydrogens (tertiary/aromatic N) is 3. The van der Waals surface area contributed by atoms with Gasteiger partial charge in [-0.1, -0.05) is 103 Å². The highest BCUT2D eigenvalue weighted by Crippen LogP contribution is 2.30. The lowest BCUT2D eigenvalue weighted by Crippen LogP contribution is -2.55. The average Bonchev–Trinajstić information content (AvgIpc) is 3.11. The van der Waals surface area contributed by atoms with Gasteiger partial charge in [-0.3, -0.25) is 24.0 Å². The molecule has 10 nitrogen and oxygen atoms in total. The highest BCUT2D eigenvalue weighted by Gasteiger charge is 2.36. The van der Waals surface area contributed by atoms with Crippen molar-refractivity contribution >= 4 is 56.4 Å². The molecule has 4 aromatic carbocycles. The van der Waals surface area contributed by atoms with Crippen LogP contribution in [0, 0.1) is 10.1 Å². The van der Waals surface area contributed by atoms with Gasteiger partial charge < -0.3 is 10.2 Å². The number of benzene rings is 4. The summed E-state index contributed by atoms with van der Waals surface area (Å²) in [4.78, 5) is 41.2. The van der Waals surface area contributed by atoms with E-state index in [1.165, 1.54) is 47.4 Å². The molecule has 5 rings (SSSR count). The molecule has 4 aromatic rings. The Hall–Kier alpha value is -4.45. The second-order valence-electron chi connectivity index (χ2n) is 11.9. The van der Waals surface area contributed by atoms with Crippen molar-refractivity contribution < 1.29 is 22.9 Å². The van der Waals surface area contributed by atoms with Crippen molar-refractivity contribution in [3.8, 4) is 0 Å². The zero-order chi connectivity index (χ0) is 35.0. The average molecular weight is 724 g/mol. The molecule has 0 spiro atoms. The van der Waals surface area contributed by atoms with Crippen molar-refractivity contribution in [3.05, 3.63) is 134 Å². The van der Waals surface area contributed by atoms with Crippen molar-refractivity contribution in [2.24, 2.45) is 0 Å². The van der Waals surface area contributed by atoms with Crippen LogP contribution >= 0.6 is 23.2 Å². The quantitative estimate of drug-likeness (QED) is 0.115. The maximum atomic E-state index is 14.7. The van der Waals surface area contributed by atoms with Crippen LogP contribution in [0.2, 0.25) is 10.0 Å². The van der Waals surface area contributed by atoms with Crippen LogP contribution in [0.4, 0.5) is 11.4 Å². The number of non-ortho nitro benzene ring substituents is 1. The number of anilines is 1. The van der Waals surface area contributed by atoms with Crippen molar-refractivity contribution in [2.75, 3.05) is 10.8 Å². The Morgan fingerprint density at radius 2 is 1.47 bits per heavy atom. The van der Waals surface area contributed by atoms with E-state index in [1.807, 2.05) is 30.3 Å². The zero-order valence-corrected chi connectivity index (χ0v) is 28.9. The van der Waals surface area contributed by atoms with Crippen LogP contribution in [0.1, 0.15) is 43.2 Å². The SMILES string of the molecule is O=C(NC1CCCCC1)C(Cc1ccccc1)N(Cc1c(Cl)cccc1Cl)C(=O)CN(c1cccc([N+](=O)[O-])c1)S(=O)(=O)c1ccccc1. The normalized spacial score (nSPS) is 14.1. The highest BCUT2D eigenvalue weighted by molar-refractivity contribution is 7.92. The molecule has 0 aromatic heterocycles. The molecule has 0 bridgehead atoms. The first-order chi connectivity index (χ1) is 23.5. The van der Waals surface area contributed by atoms with E-state index in [0.29, 0.717) is 5.56 Å². The summed E-state index contributed by atoms with van der Waals surface area (Å²) in [5.74, 6) is -1.12. The van der Waals surface area contributed by atoms with Gasteiger partial charge >= 0.3 is 0 Å². The number of amides is 2. The van der Waals surface area contributed by atoms with Crippen LogP contribution in [0.3, 0.4) is 0 Å². The van der Waals surface area contributed by atoms with Crippen LogP contribution in [-0.4, -0.2) is 48.7 Å². The second kappa shape index (κ2) is 16.3. The first-order valence-corrected chi connectivity index (χ1v) is 18.1. The van der Waals surface area contributed by atoms with Crippen molar-refractivity contribution in [1.29, 1.82) is 0 Å². The van der Waals surface area contributed by atoms with Gasteiger partial charge in [0.2, 0.25) is 11.8 Å². The van der Waals surface area contributed by atoms with E-state index in [9.17, 15) is 28.1 Å². The molecule has 1 saturated carbocycles. The minimum absolute atomic E-state index is 0.0693. The minimum Gasteiger partial charge on any atom is -0.352 e. The van der Waals surface area contributed by atoms with Crippen molar-refractivity contribution in [1.82, 2.24) is 10.2 Å². The molecule has 1 aliphatic rings. The zero-order valence-electron chi connectivity index (χ0n) is 26.6. The van der Waals surface area contributed by atoms with Gasteiger partial charge in [-0.15, -0.1) is 0 Å². The van der Waals surface area contributed by atoms with Gasteiger partial charge in [0.1, 0.15) is 12.6 Å². The molecule has 0 heterocycles. The predicted molar refractivity (Wildman–Crippen MR) is 190 cm³/mol. The number of nitro groups is 1. The molecule has 49 heavy (non-hydrogen) atoms. The topological polar surface area (TPSA) is 130 Å². The summed E-state index contributed by atoms with van der Waals surface area (Å²) < 4.78 is 29.2. The Morgan fingerprint density at radius 1 is 0.857 bits per heavy atom. The molecule has 0 aliphatic heterocycles. The van der Waals surface area contributed by atoms with Crippen molar-refractivity contribution in [3.63, 3.8) is 0 Å². The number of nitrogens with one attached hydrogen (secondary N) is 1. The number of halogens is 2. The summed E-state index contributed by atoms with van der Waals surface area (Å²) in [5.41, 5.74) is 0.720. The summed E-state index contributed by atoms with van der Waals surface area (Å²) in [6.07, 6.45) is 4.77. The largest absolute Gasteiger partial charge is 0.352 e. The number of carbonyl (C=O) groups excluding carboxylic acids is 2. The fourth-order valence-electron chi connectivity index (χ4n) is 5.96. The fraction of sp³-hybridized carbons (Fsp3) is 0.278. The molecule has 256 valence electrons. The van der Waals surface area contributed by atoms with Crippen LogP contribution in [-0.2, 0) is 32.6 Å². The number of hydrogen-bond acceptors (Lipinski definition) is 6. The van der Waals surface area contributed by atoms with Crippen LogP contribution < -0.4 is 9.62 Å². The summed E-state index contributed by atoms with van der Waals surface area (Å²) in [6, 6.07) is 25.5. The van der Waals surface area contributed by atoms with Gasteiger partial charge in [0.25, 0.3) is 15.7 Å². The lowest BCUT2D eigenvalue weighted by Gasteiger charge is -2.35. The molecule has 0 saturated heterocycles. The molecular formula is C36H36Cl2N4O6S. The standard InChI is InChI=1S/C36H36Cl2N4O6S/c37-32-20-11-21-33(38)31(32)24-40(34(22-26-12-4-1-5-13-26)36(44)39-27-14-6-2-7-15-27)35(43)25-41(28-16-10-17-29(23-28)42(45)46)49(47,48)30-18-8-3-9-19-30/h1,3-5,8-13,16-21,23,27,34H,2,6-7,14-15,22,24-25H2,(H,39,44). The monoisotopic (exact) mass is 722 g/mol. The van der Waals surface area contributed by atoms with E-state index in [1.54, 1.807) is 24.3 Å². The second-order valence-corrected chi connectivity index (χ2v) is 14.5. The fourth-order valence-corrected chi connectivity index (χ4v) is 7.91. The van der Waals surface area contributed by atoms with E-state index in [0.717, 1.165) is 48.0 Å². The Balaban J connectivity index is 1.61. The van der Waals surface area contributed by atoms with Crippen LogP contribution in [0.15, 0.2) is 108 Å². The number of sulfonamides is 1. The van der Waals surface area contributed by atoms with Gasteiger partial charge in [0.15, 0.2) is 0 Å². The van der Waals surface area contributed by atoms with E-state index in [2.05, 4.69) is 5.32 Å². The molecule has 13 heteroatoms. The highest BCUT2D eigenvalue weighted by atomic mass is 35.5. The maximum Gasteiger partial charge on any atom is 0.271 e. The molecule has 1 N–H and O–H groups in total. The van der Waals surface area contributed by atoms with Gasteiger partial charge in [-0.2, -0.15) is 0 Å². The summed E-state index contributed by atoms with van der Waals surface area (Å²) in [7, 11) is -4.43. The minimum atomic E-state index is -4.43. The van der Waals surface area contributed by atoms with Gasteiger partial charge in [-0.25, -0.2) is 8.42 Å². The van der Waals surface area contributed by atoms with E-state index in [4.69, 9.17) is 23.2 Å². The molecule has 0 radical (unpaired) electrons. The number of hydrogen-bond donors (Lipinski definition) is 1. The lowest BCUT2D eigenvalue weighted by atomic mass is 9.94. The van der Waals surface area contributed by atoms with Gasteiger partial charge in [0, 0.05) is 46.7 Å². The third-order valence-corrected chi connectivity index (χ3v) is 11.0. The lowest BCUT2D eigenvalue weighted by molar-refractivity contribution is -0.384. The van der Waals surface area contributed by atoms with Crippen molar-refractivity contribution in [2.45, 2.75) is 62.0 Å². The third kappa shape index (κ3) is 8.97. The van der Waals surface area contributed by atoms with E-state index in [-0.39, 0.29) is 51.2 Å². The van der Waals surface area contributed by atoms with Gasteiger partial charge in [0.05, 0.1) is 15.5 Å². The Morgan fingerprint density at radius 3 is 2.10 bits per heavy atom. The molecule has 1 unspecified atom stereocenters. The smallest absolute Gasteiger partial charge is 0.271 e. The molecule has 1 fully saturated rings. The Bertz CT molecular complexity index is 1870. The number of carbonyl (C=O) groups is 2. The van der Waals surface area contributed by atoms with Crippen LogP contribution in [0.5, 0.6) is 0 Å². The third-order valence-electron chi connectivity index (χ3n) is 8.55. The Kier molecular flexibility index (Phi) is 11.9. The van der Waals surface area contributed by atoms with E-state index < -0.39 is 33.4 Å². The first-order valence-electron chi connectivity index (χ1n) is 15.9. The first kappa shape index (κ1) is 35.8. The Labute approximate surface area is 295 Å². The molecule has 1 aliphatic carbocycles. The molecule has 1 atom stereocenters. The summed E-state index contributed by atoms with van der Waals surface area (Å²) in [6.45, 7) is -0.983.